The molecule has 0 amide bonds. The average molecular weight is 252 g/mol. The summed E-state index contributed by atoms with van der Waals surface area (Å²) in [7, 11) is 0. The van der Waals surface area contributed by atoms with Gasteiger partial charge in [-0.25, -0.2) is 0 Å². The molecule has 0 spiro atoms. The van der Waals surface area contributed by atoms with Gasteiger partial charge in [-0.05, 0) is 37.6 Å². The highest BCUT2D eigenvalue weighted by Gasteiger charge is 2.07. The van der Waals surface area contributed by atoms with Crippen LogP contribution in [0.2, 0.25) is 0 Å². The Kier molecular flexibility index (Phi) is 3.67. The Morgan fingerprint density at radius 1 is 1.26 bits per heavy atom. The lowest BCUT2D eigenvalue weighted by molar-refractivity contribution is 1.08. The van der Waals surface area contributed by atoms with Crippen molar-refractivity contribution < 1.29 is 0 Å². The number of anilines is 2. The molecule has 0 aliphatic heterocycles. The second-order valence-corrected chi connectivity index (χ2v) is 4.48. The van der Waals surface area contributed by atoms with E-state index >= 15 is 0 Å². The highest BCUT2D eigenvalue weighted by atomic mass is 14.9. The molecule has 3 N–H and O–H groups in total. The van der Waals surface area contributed by atoms with Crippen molar-refractivity contribution in [1.82, 2.24) is 4.98 Å². The van der Waals surface area contributed by atoms with Crippen molar-refractivity contribution >= 4 is 11.4 Å². The van der Waals surface area contributed by atoms with Crippen molar-refractivity contribution in [2.24, 2.45) is 0 Å². The SMILES string of the molecule is Cc1cc(NCc2ccc(N)cc2)c(C#N)c(C)n1. The minimum absolute atomic E-state index is 0.598. The molecule has 96 valence electrons. The van der Waals surface area contributed by atoms with Crippen LogP contribution in [-0.2, 0) is 6.54 Å². The normalized spacial score (nSPS) is 9.95. The summed E-state index contributed by atoms with van der Waals surface area (Å²) in [6.07, 6.45) is 0. The van der Waals surface area contributed by atoms with Crippen molar-refractivity contribution in [3.63, 3.8) is 0 Å². The van der Waals surface area contributed by atoms with Gasteiger partial charge in [0.05, 0.1) is 16.9 Å². The first kappa shape index (κ1) is 12.9. The number of nitrogens with two attached hydrogens (primary N) is 1. The van der Waals surface area contributed by atoms with E-state index in [9.17, 15) is 5.26 Å². The van der Waals surface area contributed by atoms with Crippen molar-refractivity contribution in [3.05, 3.63) is 52.8 Å². The minimum atomic E-state index is 0.598. The number of nitrogens with one attached hydrogen (secondary N) is 1. The lowest BCUT2D eigenvalue weighted by Gasteiger charge is -2.11. The van der Waals surface area contributed by atoms with Crippen LogP contribution >= 0.6 is 0 Å². The summed E-state index contributed by atoms with van der Waals surface area (Å²) in [5.41, 5.74) is 10.6. The monoisotopic (exact) mass is 252 g/mol. The highest BCUT2D eigenvalue weighted by molar-refractivity contribution is 5.60. The van der Waals surface area contributed by atoms with Gasteiger partial charge in [-0.15, -0.1) is 0 Å². The van der Waals surface area contributed by atoms with E-state index in [0.29, 0.717) is 12.1 Å². The molecule has 0 atom stereocenters. The van der Waals surface area contributed by atoms with Gasteiger partial charge in [0, 0.05) is 17.9 Å². The summed E-state index contributed by atoms with van der Waals surface area (Å²) in [5.74, 6) is 0. The van der Waals surface area contributed by atoms with Crippen LogP contribution in [0.15, 0.2) is 30.3 Å². The number of aryl methyl sites for hydroxylation is 2. The second kappa shape index (κ2) is 5.40. The maximum atomic E-state index is 9.18. The first-order valence-electron chi connectivity index (χ1n) is 6.07. The topological polar surface area (TPSA) is 74.7 Å². The Hall–Kier alpha value is -2.54. The van der Waals surface area contributed by atoms with Crippen LogP contribution in [0.5, 0.6) is 0 Å². The van der Waals surface area contributed by atoms with Gasteiger partial charge in [0.1, 0.15) is 6.07 Å². The fourth-order valence-electron chi connectivity index (χ4n) is 1.94. The molecule has 1 heterocycles. The van der Waals surface area contributed by atoms with E-state index in [1.54, 1.807) is 0 Å². The number of nitrogen functional groups attached to an aromatic ring is 1. The molecule has 0 fully saturated rings. The van der Waals surface area contributed by atoms with Gasteiger partial charge >= 0.3 is 0 Å². The number of benzene rings is 1. The summed E-state index contributed by atoms with van der Waals surface area (Å²) in [6.45, 7) is 4.42. The predicted octanol–water partition coefficient (Wildman–Crippen LogP) is 2.76. The largest absolute Gasteiger partial charge is 0.399 e. The predicted molar refractivity (Wildman–Crippen MR) is 76.6 cm³/mol. The zero-order chi connectivity index (χ0) is 13.8. The van der Waals surface area contributed by atoms with Crippen molar-refractivity contribution in [2.45, 2.75) is 20.4 Å². The number of nitrogens with zero attached hydrogens (tertiary/aromatic N) is 2. The molecule has 0 radical (unpaired) electrons. The summed E-state index contributed by atoms with van der Waals surface area (Å²) in [6, 6.07) is 11.8. The van der Waals surface area contributed by atoms with Crippen LogP contribution in [0.1, 0.15) is 22.5 Å². The molecule has 0 aliphatic rings. The van der Waals surface area contributed by atoms with E-state index in [2.05, 4.69) is 16.4 Å². The Labute approximate surface area is 112 Å². The summed E-state index contributed by atoms with van der Waals surface area (Å²) in [4.78, 5) is 4.29. The van der Waals surface area contributed by atoms with Gasteiger partial charge in [-0.1, -0.05) is 12.1 Å². The number of hydrogen-bond donors (Lipinski definition) is 2. The number of rotatable bonds is 3. The Morgan fingerprint density at radius 3 is 2.58 bits per heavy atom. The maximum Gasteiger partial charge on any atom is 0.103 e. The Balaban J connectivity index is 2.20. The molecule has 2 rings (SSSR count). The van der Waals surface area contributed by atoms with Gasteiger partial charge in [0.15, 0.2) is 0 Å². The third-order valence-electron chi connectivity index (χ3n) is 2.90. The molecule has 4 heteroatoms. The van der Waals surface area contributed by atoms with E-state index in [1.165, 1.54) is 0 Å². The van der Waals surface area contributed by atoms with Crippen molar-refractivity contribution in [1.29, 1.82) is 5.26 Å². The fraction of sp³-hybridized carbons (Fsp3) is 0.200. The molecule has 0 unspecified atom stereocenters. The highest BCUT2D eigenvalue weighted by Crippen LogP contribution is 2.19. The first-order valence-corrected chi connectivity index (χ1v) is 6.07. The van der Waals surface area contributed by atoms with E-state index in [0.717, 1.165) is 28.3 Å². The molecular weight excluding hydrogens is 236 g/mol. The van der Waals surface area contributed by atoms with Crippen molar-refractivity contribution in [2.75, 3.05) is 11.1 Å². The Bertz CT molecular complexity index is 624. The van der Waals surface area contributed by atoms with Gasteiger partial charge in [0.2, 0.25) is 0 Å². The first-order chi connectivity index (χ1) is 9.10. The number of pyridine rings is 1. The molecular formula is C15H16N4. The van der Waals surface area contributed by atoms with E-state index in [1.807, 2.05) is 44.2 Å². The van der Waals surface area contributed by atoms with Gasteiger partial charge < -0.3 is 11.1 Å². The molecule has 4 nitrogen and oxygen atoms in total. The summed E-state index contributed by atoms with van der Waals surface area (Å²) >= 11 is 0. The van der Waals surface area contributed by atoms with Crippen LogP contribution in [0, 0.1) is 25.2 Å². The number of aromatic nitrogens is 1. The molecule has 0 bridgehead atoms. The zero-order valence-corrected chi connectivity index (χ0v) is 11.1. The number of hydrogen-bond acceptors (Lipinski definition) is 4. The molecule has 0 saturated heterocycles. The van der Waals surface area contributed by atoms with Crippen LogP contribution in [0.4, 0.5) is 11.4 Å². The van der Waals surface area contributed by atoms with Crippen LogP contribution in [0.3, 0.4) is 0 Å². The van der Waals surface area contributed by atoms with Gasteiger partial charge in [-0.3, -0.25) is 4.98 Å². The van der Waals surface area contributed by atoms with E-state index in [4.69, 9.17) is 5.73 Å². The molecule has 1 aromatic heterocycles. The standard InChI is InChI=1S/C15H16N4/c1-10-7-15(14(8-16)11(2)19-10)18-9-12-3-5-13(17)6-4-12/h3-7H,9,17H2,1-2H3,(H,18,19). The second-order valence-electron chi connectivity index (χ2n) is 4.48. The third-order valence-corrected chi connectivity index (χ3v) is 2.90. The van der Waals surface area contributed by atoms with E-state index < -0.39 is 0 Å². The van der Waals surface area contributed by atoms with E-state index in [-0.39, 0.29) is 0 Å². The Morgan fingerprint density at radius 2 is 1.95 bits per heavy atom. The molecule has 19 heavy (non-hydrogen) atoms. The van der Waals surface area contributed by atoms with Gasteiger partial charge in [0.25, 0.3) is 0 Å². The minimum Gasteiger partial charge on any atom is -0.399 e. The molecule has 0 aliphatic carbocycles. The average Bonchev–Trinajstić information content (AvgIpc) is 2.37. The molecule has 0 saturated carbocycles. The zero-order valence-electron chi connectivity index (χ0n) is 11.1. The van der Waals surface area contributed by atoms with Crippen LogP contribution in [-0.4, -0.2) is 4.98 Å². The molecule has 2 aromatic rings. The summed E-state index contributed by atoms with van der Waals surface area (Å²) < 4.78 is 0. The summed E-state index contributed by atoms with van der Waals surface area (Å²) in [5, 5.41) is 12.5. The smallest absolute Gasteiger partial charge is 0.103 e. The van der Waals surface area contributed by atoms with Gasteiger partial charge in [-0.2, -0.15) is 5.26 Å². The fourth-order valence-corrected chi connectivity index (χ4v) is 1.94. The molecule has 1 aromatic carbocycles. The lowest BCUT2D eigenvalue weighted by atomic mass is 10.1. The number of nitriles is 1. The van der Waals surface area contributed by atoms with Crippen molar-refractivity contribution in [3.8, 4) is 6.07 Å². The van der Waals surface area contributed by atoms with Crippen LogP contribution < -0.4 is 11.1 Å². The lowest BCUT2D eigenvalue weighted by Crippen LogP contribution is -2.04. The third kappa shape index (κ3) is 3.02. The van der Waals surface area contributed by atoms with Crippen LogP contribution in [0.25, 0.3) is 0 Å². The maximum absolute atomic E-state index is 9.18. The quantitative estimate of drug-likeness (QED) is 0.824.